The highest BCUT2D eigenvalue weighted by molar-refractivity contribution is 7.92. The van der Waals surface area contributed by atoms with E-state index < -0.39 is 58.7 Å². The van der Waals surface area contributed by atoms with Crippen LogP contribution in [0.4, 0.5) is 35.1 Å². The molecule has 2 rings (SSSR count). The highest BCUT2D eigenvalue weighted by Crippen LogP contribution is 2.52. The first-order chi connectivity index (χ1) is 14.7. The summed E-state index contributed by atoms with van der Waals surface area (Å²) in [6, 6.07) is 4.41. The van der Waals surface area contributed by atoms with Crippen LogP contribution in [0.1, 0.15) is 11.1 Å². The molecule has 6 nitrogen and oxygen atoms in total. The number of hydrogen-bond donors (Lipinski definition) is 1. The number of ether oxygens (including phenoxy) is 1. The molecule has 0 atom stereocenters. The number of hydrogen-bond acceptors (Lipinski definition) is 5. The molecule has 0 saturated carbocycles. The zero-order valence-corrected chi connectivity index (χ0v) is 17.8. The minimum absolute atomic E-state index is 0.00438. The molecule has 2 aromatic carbocycles. The van der Waals surface area contributed by atoms with E-state index >= 15 is 0 Å². The molecule has 0 aliphatic rings. The summed E-state index contributed by atoms with van der Waals surface area (Å²) in [6.45, 7) is 3.20. The molecule has 0 aliphatic heterocycles. The van der Waals surface area contributed by atoms with Gasteiger partial charge in [-0.2, -0.15) is 34.8 Å². The molecule has 0 aliphatic carbocycles. The van der Waals surface area contributed by atoms with Crippen LogP contribution in [-0.4, -0.2) is 37.8 Å². The van der Waals surface area contributed by atoms with Crippen molar-refractivity contribution in [3.63, 3.8) is 0 Å². The summed E-state index contributed by atoms with van der Waals surface area (Å²) in [5, 5.41) is -14.1. The van der Waals surface area contributed by atoms with E-state index in [1.54, 1.807) is 13.0 Å². The van der Waals surface area contributed by atoms with E-state index in [-0.39, 0.29) is 17.9 Å². The van der Waals surface area contributed by atoms with Gasteiger partial charge in [-0.15, -0.1) is 0 Å². The largest absolute Gasteiger partial charge is 0.457 e. The topological polar surface area (TPSA) is 97.7 Å². The molecule has 0 unspecified atom stereocenters. The van der Waals surface area contributed by atoms with Crippen molar-refractivity contribution in [2.24, 2.45) is 0 Å². The Kier molecular flexibility index (Phi) is 6.57. The van der Waals surface area contributed by atoms with Gasteiger partial charge >= 0.3 is 26.5 Å². The first kappa shape index (κ1) is 26.8. The molecule has 1 N–H and O–H groups in total. The summed E-state index contributed by atoms with van der Waals surface area (Å²) in [5.41, 5.74) is 1.18. The Morgan fingerprint density at radius 2 is 1.30 bits per heavy atom. The van der Waals surface area contributed by atoms with E-state index in [1.807, 2.05) is 0 Å². The minimum atomic E-state index is -7.35. The van der Waals surface area contributed by atoms with Crippen LogP contribution in [0.25, 0.3) is 0 Å². The van der Waals surface area contributed by atoms with Gasteiger partial charge in [0.25, 0.3) is 9.84 Å². The maximum atomic E-state index is 14.3. The molecule has 0 aromatic heterocycles. The van der Waals surface area contributed by atoms with Crippen molar-refractivity contribution in [1.29, 1.82) is 0 Å². The molecule has 0 amide bonds. The lowest BCUT2D eigenvalue weighted by atomic mass is 10.1. The third-order valence-corrected chi connectivity index (χ3v) is 6.95. The smallest absolute Gasteiger partial charge is 0.439 e. The van der Waals surface area contributed by atoms with Gasteiger partial charge in [-0.05, 0) is 25.5 Å². The molecule has 0 radical (unpaired) electrons. The molecule has 33 heavy (non-hydrogen) atoms. The van der Waals surface area contributed by atoms with Crippen LogP contribution in [0.3, 0.4) is 0 Å². The summed E-state index contributed by atoms with van der Waals surface area (Å²) in [6.07, 6.45) is 0. The quantitative estimate of drug-likeness (QED) is 0.408. The highest BCUT2D eigenvalue weighted by Gasteiger charge is 2.82. The number of benzene rings is 2. The average molecular weight is 528 g/mol. The van der Waals surface area contributed by atoms with Crippen molar-refractivity contribution in [3.05, 3.63) is 53.1 Å². The third-order valence-electron chi connectivity index (χ3n) is 4.19. The van der Waals surface area contributed by atoms with Crippen LogP contribution >= 0.6 is 0 Å². The Morgan fingerprint density at radius 1 is 0.818 bits per heavy atom. The number of alkyl halides is 6. The van der Waals surface area contributed by atoms with Gasteiger partial charge in [-0.1, -0.05) is 17.7 Å². The molecular weight excluding hydrogens is 516 g/mol. The number of sulfone groups is 1. The van der Waals surface area contributed by atoms with E-state index in [1.165, 1.54) is 19.1 Å². The Hall–Kier alpha value is -2.46. The van der Waals surface area contributed by atoms with Gasteiger partial charge in [0, 0.05) is 12.1 Å². The van der Waals surface area contributed by atoms with Gasteiger partial charge in [0.15, 0.2) is 0 Å². The summed E-state index contributed by atoms with van der Waals surface area (Å²) < 4.78 is 169. The molecule has 2 aromatic rings. The second-order valence-corrected chi connectivity index (χ2v) is 10.1. The van der Waals surface area contributed by atoms with Crippen LogP contribution in [0.5, 0.6) is 11.5 Å². The number of rotatable bonds is 7. The fourth-order valence-electron chi connectivity index (χ4n) is 2.52. The fraction of sp³-hybridized carbons (Fsp3) is 0.294. The van der Waals surface area contributed by atoms with Gasteiger partial charge in [0.2, 0.25) is 0 Å². The Bertz CT molecular complexity index is 1280. The maximum absolute atomic E-state index is 14.3. The average Bonchev–Trinajstić information content (AvgIpc) is 2.61. The molecule has 0 bridgehead atoms. The minimum Gasteiger partial charge on any atom is -0.457 e. The van der Waals surface area contributed by atoms with Crippen molar-refractivity contribution < 1.29 is 61.2 Å². The van der Waals surface area contributed by atoms with Crippen molar-refractivity contribution in [2.45, 2.75) is 35.2 Å². The molecule has 0 heterocycles. The van der Waals surface area contributed by atoms with Crippen molar-refractivity contribution in [3.8, 4) is 11.5 Å². The van der Waals surface area contributed by atoms with Crippen LogP contribution in [0.2, 0.25) is 0 Å². The van der Waals surface area contributed by atoms with E-state index in [9.17, 15) is 52.0 Å². The Morgan fingerprint density at radius 3 is 1.73 bits per heavy atom. The lowest BCUT2D eigenvalue weighted by molar-refractivity contribution is -0.245. The van der Waals surface area contributed by atoms with Gasteiger partial charge in [0.05, 0.1) is 0 Å². The monoisotopic (exact) mass is 528 g/mol. The Labute approximate surface area is 181 Å². The van der Waals surface area contributed by atoms with Crippen LogP contribution in [-0.2, 0) is 20.0 Å². The van der Waals surface area contributed by atoms with E-state index in [2.05, 4.69) is 0 Å². The predicted octanol–water partition coefficient (Wildman–Crippen LogP) is 4.86. The zero-order chi connectivity index (χ0) is 25.8. The zero-order valence-electron chi connectivity index (χ0n) is 16.2. The van der Waals surface area contributed by atoms with Crippen molar-refractivity contribution in [1.82, 2.24) is 0 Å². The van der Waals surface area contributed by atoms with E-state index in [0.717, 1.165) is 5.56 Å². The molecular formula is C17H12F8O6S2. The summed E-state index contributed by atoms with van der Waals surface area (Å²) in [5.74, 6) is -13.0. The second-order valence-electron chi connectivity index (χ2n) is 6.67. The van der Waals surface area contributed by atoms with E-state index in [0.29, 0.717) is 5.56 Å². The highest BCUT2D eigenvalue weighted by atomic mass is 32.2. The van der Waals surface area contributed by atoms with E-state index in [4.69, 9.17) is 9.29 Å². The van der Waals surface area contributed by atoms with Gasteiger partial charge in [-0.25, -0.2) is 17.2 Å². The van der Waals surface area contributed by atoms with Crippen LogP contribution < -0.4 is 4.74 Å². The van der Waals surface area contributed by atoms with Crippen LogP contribution in [0.15, 0.2) is 35.2 Å². The summed E-state index contributed by atoms with van der Waals surface area (Å²) >= 11 is 0. The molecule has 0 spiro atoms. The van der Waals surface area contributed by atoms with Gasteiger partial charge in [0.1, 0.15) is 28.0 Å². The Balaban J connectivity index is 2.61. The van der Waals surface area contributed by atoms with Crippen LogP contribution in [0, 0.1) is 25.5 Å². The third kappa shape index (κ3) is 4.26. The number of aryl methyl sites for hydroxylation is 2. The first-order valence-electron chi connectivity index (χ1n) is 8.27. The molecule has 0 saturated heterocycles. The summed E-state index contributed by atoms with van der Waals surface area (Å²) in [7, 11) is -14.6. The number of halogens is 8. The van der Waals surface area contributed by atoms with Crippen molar-refractivity contribution in [2.75, 3.05) is 0 Å². The van der Waals surface area contributed by atoms with Gasteiger partial charge in [-0.3, -0.25) is 4.55 Å². The molecule has 16 heteroatoms. The SMILES string of the molecule is Cc1ccc(Oc2cc(F)c(S(=O)(=O)C(F)(F)C(F)(F)C(F)(F)S(=O)(=O)O)c(F)c2)c(C)c1. The first-order valence-corrected chi connectivity index (χ1v) is 11.2. The fourth-order valence-corrected chi connectivity index (χ4v) is 4.39. The molecule has 0 fully saturated rings. The summed E-state index contributed by atoms with van der Waals surface area (Å²) in [4.78, 5) is -2.76. The lowest BCUT2D eigenvalue weighted by Gasteiger charge is -2.30. The maximum Gasteiger partial charge on any atom is 0.439 e. The standard InChI is InChI=1S/C17H12F8O6S2/c1-8-3-4-13(9(2)5-8)31-10-6-11(18)14(12(19)7-10)32(26,27)16(22,23)15(20,21)17(24,25)33(28,29)30/h3-7H,1-2H3,(H,28,29,30). The van der Waals surface area contributed by atoms with Crippen molar-refractivity contribution >= 4 is 20.0 Å². The van der Waals surface area contributed by atoms with Gasteiger partial charge < -0.3 is 4.74 Å². The molecule has 184 valence electrons. The normalized spacial score (nSPS) is 13.8. The second kappa shape index (κ2) is 8.09. The predicted molar refractivity (Wildman–Crippen MR) is 95.9 cm³/mol. The lowest BCUT2D eigenvalue weighted by Crippen LogP contribution is -2.60.